The first-order valence-corrected chi connectivity index (χ1v) is 9.58. The second-order valence-electron chi connectivity index (χ2n) is 7.43. The molecular formula is C18H31N3O2. The van der Waals surface area contributed by atoms with Crippen molar-refractivity contribution < 1.29 is 9.59 Å². The van der Waals surface area contributed by atoms with Gasteiger partial charge in [-0.2, -0.15) is 0 Å². The number of carbonyl (C=O) groups excluding carboxylic acids is 2. The van der Waals surface area contributed by atoms with E-state index in [9.17, 15) is 9.59 Å². The Balaban J connectivity index is 1.42. The number of nitrogens with zero attached hydrogens (tertiary/aromatic N) is 2. The number of amides is 3. The van der Waals surface area contributed by atoms with Crippen molar-refractivity contribution in [2.75, 3.05) is 26.2 Å². The van der Waals surface area contributed by atoms with Gasteiger partial charge in [0.2, 0.25) is 5.91 Å². The van der Waals surface area contributed by atoms with E-state index < -0.39 is 0 Å². The summed E-state index contributed by atoms with van der Waals surface area (Å²) in [5, 5.41) is 3.18. The van der Waals surface area contributed by atoms with Gasteiger partial charge in [-0.15, -0.1) is 0 Å². The van der Waals surface area contributed by atoms with Crippen molar-refractivity contribution in [2.24, 2.45) is 5.92 Å². The van der Waals surface area contributed by atoms with Crippen LogP contribution in [0.25, 0.3) is 0 Å². The minimum absolute atomic E-state index is 0.0710. The summed E-state index contributed by atoms with van der Waals surface area (Å²) in [4.78, 5) is 28.8. The third-order valence-corrected chi connectivity index (χ3v) is 5.77. The van der Waals surface area contributed by atoms with Crippen LogP contribution in [0.3, 0.4) is 0 Å². The lowest BCUT2D eigenvalue weighted by molar-refractivity contribution is -0.138. The quantitative estimate of drug-likeness (QED) is 0.850. The van der Waals surface area contributed by atoms with Gasteiger partial charge in [-0.25, -0.2) is 4.79 Å². The summed E-state index contributed by atoms with van der Waals surface area (Å²) in [6, 6.07) is 0.430. The first kappa shape index (κ1) is 16.6. The highest BCUT2D eigenvalue weighted by Gasteiger charge is 2.30. The summed E-state index contributed by atoms with van der Waals surface area (Å²) in [6.07, 6.45) is 11.8. The van der Waals surface area contributed by atoms with Crippen LogP contribution in [-0.2, 0) is 4.79 Å². The molecule has 2 aliphatic carbocycles. The Kier molecular flexibility index (Phi) is 5.79. The molecule has 0 spiro atoms. The van der Waals surface area contributed by atoms with E-state index in [4.69, 9.17) is 0 Å². The maximum atomic E-state index is 12.6. The first-order chi connectivity index (χ1) is 11.2. The van der Waals surface area contributed by atoms with E-state index in [1.807, 2.05) is 9.80 Å². The van der Waals surface area contributed by atoms with E-state index in [2.05, 4.69) is 5.32 Å². The maximum Gasteiger partial charge on any atom is 0.317 e. The van der Waals surface area contributed by atoms with Crippen LogP contribution in [0.15, 0.2) is 0 Å². The molecule has 5 nitrogen and oxygen atoms in total. The number of hydrogen-bond acceptors (Lipinski definition) is 2. The number of piperazine rings is 1. The molecule has 0 aromatic rings. The molecule has 3 fully saturated rings. The van der Waals surface area contributed by atoms with Gasteiger partial charge in [0.25, 0.3) is 0 Å². The van der Waals surface area contributed by atoms with Gasteiger partial charge < -0.3 is 15.1 Å². The lowest BCUT2D eigenvalue weighted by Crippen LogP contribution is -2.55. The highest BCUT2D eigenvalue weighted by molar-refractivity contribution is 5.80. The van der Waals surface area contributed by atoms with E-state index in [0.29, 0.717) is 38.1 Å². The Labute approximate surface area is 139 Å². The zero-order chi connectivity index (χ0) is 16.1. The number of carbonyl (C=O) groups is 2. The second kappa shape index (κ2) is 8.02. The van der Waals surface area contributed by atoms with Crippen molar-refractivity contribution in [3.8, 4) is 0 Å². The molecule has 0 unspecified atom stereocenters. The van der Waals surface area contributed by atoms with Crippen molar-refractivity contribution in [1.82, 2.24) is 15.1 Å². The number of nitrogens with one attached hydrogen (secondary N) is 1. The third kappa shape index (κ3) is 4.39. The van der Waals surface area contributed by atoms with Crippen LogP contribution in [-0.4, -0.2) is 54.0 Å². The number of rotatable bonds is 2. The zero-order valence-corrected chi connectivity index (χ0v) is 14.3. The van der Waals surface area contributed by atoms with E-state index in [1.54, 1.807) is 0 Å². The molecular weight excluding hydrogens is 290 g/mol. The predicted octanol–water partition coefficient (Wildman–Crippen LogP) is 2.75. The number of urea groups is 1. The maximum absolute atomic E-state index is 12.6. The van der Waals surface area contributed by atoms with Gasteiger partial charge in [0.15, 0.2) is 0 Å². The van der Waals surface area contributed by atoms with Crippen LogP contribution >= 0.6 is 0 Å². The van der Waals surface area contributed by atoms with E-state index in [1.165, 1.54) is 38.5 Å². The van der Waals surface area contributed by atoms with Crippen molar-refractivity contribution in [3.05, 3.63) is 0 Å². The normalized spacial score (nSPS) is 24.5. The Bertz CT molecular complexity index is 406. The molecule has 1 aliphatic heterocycles. The van der Waals surface area contributed by atoms with Gasteiger partial charge in [-0.3, -0.25) is 4.79 Å². The minimum Gasteiger partial charge on any atom is -0.339 e. The SMILES string of the molecule is O=C(NC1CCCCC1)N1CCN(C(=O)C2CCCCC2)CC1. The molecule has 1 N–H and O–H groups in total. The smallest absolute Gasteiger partial charge is 0.317 e. The van der Waals surface area contributed by atoms with Gasteiger partial charge in [0.05, 0.1) is 0 Å². The zero-order valence-electron chi connectivity index (χ0n) is 14.3. The molecule has 1 saturated heterocycles. The molecule has 0 atom stereocenters. The summed E-state index contributed by atoms with van der Waals surface area (Å²) in [5.74, 6) is 0.573. The number of hydrogen-bond donors (Lipinski definition) is 1. The lowest BCUT2D eigenvalue weighted by Gasteiger charge is -2.38. The van der Waals surface area contributed by atoms with Crippen molar-refractivity contribution >= 4 is 11.9 Å². The largest absolute Gasteiger partial charge is 0.339 e. The Hall–Kier alpha value is -1.26. The van der Waals surface area contributed by atoms with Crippen molar-refractivity contribution in [1.29, 1.82) is 0 Å². The molecule has 1 heterocycles. The third-order valence-electron chi connectivity index (χ3n) is 5.77. The van der Waals surface area contributed by atoms with Gasteiger partial charge >= 0.3 is 6.03 Å². The predicted molar refractivity (Wildman–Crippen MR) is 90.1 cm³/mol. The van der Waals surface area contributed by atoms with Crippen molar-refractivity contribution in [2.45, 2.75) is 70.3 Å². The van der Waals surface area contributed by atoms with E-state index in [-0.39, 0.29) is 11.9 Å². The van der Waals surface area contributed by atoms with Crippen LogP contribution in [0.5, 0.6) is 0 Å². The molecule has 0 bridgehead atoms. The van der Waals surface area contributed by atoms with E-state index >= 15 is 0 Å². The average Bonchev–Trinajstić information content (AvgIpc) is 2.63. The summed E-state index contributed by atoms with van der Waals surface area (Å²) in [6.45, 7) is 2.76. The molecule has 3 amide bonds. The molecule has 23 heavy (non-hydrogen) atoms. The van der Waals surface area contributed by atoms with Crippen LogP contribution in [0.4, 0.5) is 4.79 Å². The van der Waals surface area contributed by atoms with Crippen LogP contribution < -0.4 is 5.32 Å². The summed E-state index contributed by atoms with van der Waals surface area (Å²) < 4.78 is 0. The van der Waals surface area contributed by atoms with Crippen LogP contribution in [0.2, 0.25) is 0 Å². The van der Waals surface area contributed by atoms with Crippen LogP contribution in [0.1, 0.15) is 64.2 Å². The van der Waals surface area contributed by atoms with Gasteiger partial charge in [0.1, 0.15) is 0 Å². The fourth-order valence-electron chi connectivity index (χ4n) is 4.25. The molecule has 3 aliphatic rings. The average molecular weight is 321 g/mol. The van der Waals surface area contributed by atoms with Crippen molar-refractivity contribution in [3.63, 3.8) is 0 Å². The summed E-state index contributed by atoms with van der Waals surface area (Å²) >= 11 is 0. The molecule has 2 saturated carbocycles. The van der Waals surface area contributed by atoms with Gasteiger partial charge in [-0.1, -0.05) is 38.5 Å². The Morgan fingerprint density at radius 1 is 0.696 bits per heavy atom. The fourth-order valence-corrected chi connectivity index (χ4v) is 4.25. The van der Waals surface area contributed by atoms with E-state index in [0.717, 1.165) is 25.7 Å². The first-order valence-electron chi connectivity index (χ1n) is 9.58. The standard InChI is InChI=1S/C18H31N3O2/c22-17(15-7-3-1-4-8-15)20-11-13-21(14-12-20)18(23)19-16-9-5-2-6-10-16/h15-16H,1-14H2,(H,19,23). The van der Waals surface area contributed by atoms with Gasteiger partial charge in [0, 0.05) is 38.1 Å². The molecule has 130 valence electrons. The highest BCUT2D eigenvalue weighted by Crippen LogP contribution is 2.26. The molecule has 0 radical (unpaired) electrons. The molecule has 0 aromatic carbocycles. The molecule has 3 rings (SSSR count). The Morgan fingerprint density at radius 2 is 1.22 bits per heavy atom. The van der Waals surface area contributed by atoms with Crippen LogP contribution in [0, 0.1) is 5.92 Å². The second-order valence-corrected chi connectivity index (χ2v) is 7.43. The van der Waals surface area contributed by atoms with Gasteiger partial charge in [-0.05, 0) is 25.7 Å². The molecule has 5 heteroatoms. The lowest BCUT2D eigenvalue weighted by atomic mass is 9.88. The summed E-state index contributed by atoms with van der Waals surface area (Å²) in [7, 11) is 0. The molecule has 0 aromatic heterocycles. The summed E-state index contributed by atoms with van der Waals surface area (Å²) in [5.41, 5.74) is 0. The highest BCUT2D eigenvalue weighted by atomic mass is 16.2. The minimum atomic E-state index is 0.0710. The fraction of sp³-hybridized carbons (Fsp3) is 0.889. The monoisotopic (exact) mass is 321 g/mol. The Morgan fingerprint density at radius 3 is 1.83 bits per heavy atom. The topological polar surface area (TPSA) is 52.7 Å².